The molecule has 1 saturated carbocycles. The second kappa shape index (κ2) is 4.69. The largest absolute Gasteiger partial charge is 0.354 e. The van der Waals surface area contributed by atoms with Crippen LogP contribution in [0.1, 0.15) is 32.6 Å². The SMILES string of the molecule is CC(=O)NC1CCC(N2C(=O)C=CC2=O)CC1. The summed E-state index contributed by atoms with van der Waals surface area (Å²) >= 11 is 0. The van der Waals surface area contributed by atoms with Crippen LogP contribution >= 0.6 is 0 Å². The number of imide groups is 1. The predicted molar refractivity (Wildman–Crippen MR) is 60.9 cm³/mol. The summed E-state index contributed by atoms with van der Waals surface area (Å²) in [5, 5.41) is 2.87. The van der Waals surface area contributed by atoms with Crippen molar-refractivity contribution in [1.29, 1.82) is 0 Å². The molecule has 3 amide bonds. The molecule has 17 heavy (non-hydrogen) atoms. The second-order valence-electron chi connectivity index (χ2n) is 4.59. The van der Waals surface area contributed by atoms with Crippen molar-refractivity contribution in [3.63, 3.8) is 0 Å². The number of hydrogen-bond donors (Lipinski definition) is 1. The van der Waals surface area contributed by atoms with E-state index in [2.05, 4.69) is 5.32 Å². The molecule has 0 atom stereocenters. The van der Waals surface area contributed by atoms with Gasteiger partial charge in [-0.1, -0.05) is 0 Å². The third kappa shape index (κ3) is 2.54. The summed E-state index contributed by atoms with van der Waals surface area (Å²) in [7, 11) is 0. The first-order chi connectivity index (χ1) is 8.08. The van der Waals surface area contributed by atoms with Gasteiger partial charge in [-0.25, -0.2) is 0 Å². The highest BCUT2D eigenvalue weighted by atomic mass is 16.2. The quantitative estimate of drug-likeness (QED) is 0.704. The first kappa shape index (κ1) is 11.8. The lowest BCUT2D eigenvalue weighted by atomic mass is 9.90. The summed E-state index contributed by atoms with van der Waals surface area (Å²) in [5.74, 6) is -0.445. The predicted octanol–water partition coefficient (Wildman–Crippen LogP) is 0.359. The highest BCUT2D eigenvalue weighted by Crippen LogP contribution is 2.25. The van der Waals surface area contributed by atoms with Gasteiger partial charge in [0.25, 0.3) is 11.8 Å². The van der Waals surface area contributed by atoms with Crippen LogP contribution in [-0.2, 0) is 14.4 Å². The molecule has 5 nitrogen and oxygen atoms in total. The molecule has 1 N–H and O–H groups in total. The zero-order valence-corrected chi connectivity index (χ0v) is 9.81. The van der Waals surface area contributed by atoms with Gasteiger partial charge in [0.15, 0.2) is 0 Å². The number of hydrogen-bond acceptors (Lipinski definition) is 3. The molecule has 92 valence electrons. The zero-order valence-electron chi connectivity index (χ0n) is 9.81. The van der Waals surface area contributed by atoms with E-state index in [1.165, 1.54) is 24.0 Å². The molecular formula is C12H16N2O3. The Morgan fingerprint density at radius 3 is 2.18 bits per heavy atom. The average molecular weight is 236 g/mol. The minimum atomic E-state index is -0.210. The van der Waals surface area contributed by atoms with Crippen LogP contribution in [0.5, 0.6) is 0 Å². The first-order valence-corrected chi connectivity index (χ1v) is 5.90. The van der Waals surface area contributed by atoms with Gasteiger partial charge in [-0.2, -0.15) is 0 Å². The van der Waals surface area contributed by atoms with Crippen LogP contribution in [-0.4, -0.2) is 34.7 Å². The monoisotopic (exact) mass is 236 g/mol. The van der Waals surface area contributed by atoms with Gasteiger partial charge in [0.05, 0.1) is 0 Å². The minimum Gasteiger partial charge on any atom is -0.354 e. The van der Waals surface area contributed by atoms with Crippen LogP contribution in [0.4, 0.5) is 0 Å². The van der Waals surface area contributed by atoms with Gasteiger partial charge in [0.2, 0.25) is 5.91 Å². The van der Waals surface area contributed by atoms with Crippen molar-refractivity contribution in [3.05, 3.63) is 12.2 Å². The Morgan fingerprint density at radius 2 is 1.71 bits per heavy atom. The summed E-state index contributed by atoms with van der Waals surface area (Å²) in [6, 6.07) is 0.180. The van der Waals surface area contributed by atoms with Crippen molar-refractivity contribution >= 4 is 17.7 Å². The van der Waals surface area contributed by atoms with E-state index >= 15 is 0 Å². The number of carbonyl (C=O) groups is 3. The summed E-state index contributed by atoms with van der Waals surface area (Å²) in [4.78, 5) is 35.2. The molecule has 0 aromatic carbocycles. The number of nitrogens with one attached hydrogen (secondary N) is 1. The Morgan fingerprint density at radius 1 is 1.18 bits per heavy atom. The van der Waals surface area contributed by atoms with Gasteiger partial charge in [-0.05, 0) is 25.7 Å². The smallest absolute Gasteiger partial charge is 0.253 e. The average Bonchev–Trinajstić information content (AvgIpc) is 2.59. The summed E-state index contributed by atoms with van der Waals surface area (Å²) in [6.07, 6.45) is 5.82. The molecule has 1 aliphatic heterocycles. The molecule has 1 heterocycles. The molecule has 1 fully saturated rings. The number of rotatable bonds is 2. The van der Waals surface area contributed by atoms with Gasteiger partial charge in [-0.15, -0.1) is 0 Å². The van der Waals surface area contributed by atoms with Crippen LogP contribution in [0.2, 0.25) is 0 Å². The summed E-state index contributed by atoms with van der Waals surface area (Å²) in [5.41, 5.74) is 0. The van der Waals surface area contributed by atoms with Gasteiger partial charge >= 0.3 is 0 Å². The minimum absolute atomic E-state index is 0.00462. The molecule has 1 aliphatic carbocycles. The Balaban J connectivity index is 1.89. The lowest BCUT2D eigenvalue weighted by Gasteiger charge is -2.33. The highest BCUT2D eigenvalue weighted by molar-refractivity contribution is 6.13. The van der Waals surface area contributed by atoms with E-state index in [0.29, 0.717) is 0 Å². The van der Waals surface area contributed by atoms with Crippen molar-refractivity contribution in [3.8, 4) is 0 Å². The molecule has 0 aromatic rings. The Kier molecular flexibility index (Phi) is 3.26. The van der Waals surface area contributed by atoms with Crippen LogP contribution in [0, 0.1) is 0 Å². The van der Waals surface area contributed by atoms with E-state index in [0.717, 1.165) is 25.7 Å². The van der Waals surface area contributed by atoms with E-state index in [-0.39, 0.29) is 29.8 Å². The summed E-state index contributed by atoms with van der Waals surface area (Å²) < 4.78 is 0. The van der Waals surface area contributed by atoms with Crippen molar-refractivity contribution in [1.82, 2.24) is 10.2 Å². The molecule has 0 bridgehead atoms. The van der Waals surface area contributed by atoms with Crippen LogP contribution in [0.25, 0.3) is 0 Å². The first-order valence-electron chi connectivity index (χ1n) is 5.90. The maximum atomic E-state index is 11.5. The van der Waals surface area contributed by atoms with E-state index in [4.69, 9.17) is 0 Å². The number of nitrogens with zero attached hydrogens (tertiary/aromatic N) is 1. The fourth-order valence-electron chi connectivity index (χ4n) is 2.54. The topological polar surface area (TPSA) is 66.5 Å². The normalized spacial score (nSPS) is 28.6. The molecule has 0 radical (unpaired) electrons. The molecule has 0 spiro atoms. The number of amides is 3. The lowest BCUT2D eigenvalue weighted by molar-refractivity contribution is -0.140. The highest BCUT2D eigenvalue weighted by Gasteiger charge is 2.33. The van der Waals surface area contributed by atoms with Gasteiger partial charge in [0, 0.05) is 31.2 Å². The van der Waals surface area contributed by atoms with Crippen LogP contribution < -0.4 is 5.32 Å². The van der Waals surface area contributed by atoms with Crippen molar-refractivity contribution in [2.75, 3.05) is 0 Å². The van der Waals surface area contributed by atoms with E-state index in [1.807, 2.05) is 0 Å². The standard InChI is InChI=1S/C12H16N2O3/c1-8(15)13-9-2-4-10(5-3-9)14-11(16)6-7-12(14)17/h6-7,9-10H,2-5H2,1H3,(H,13,15). The van der Waals surface area contributed by atoms with E-state index in [9.17, 15) is 14.4 Å². The number of carbonyl (C=O) groups excluding carboxylic acids is 3. The third-order valence-corrected chi connectivity index (χ3v) is 3.31. The van der Waals surface area contributed by atoms with Crippen molar-refractivity contribution in [2.24, 2.45) is 0 Å². The molecule has 0 unspecified atom stereocenters. The fourth-order valence-corrected chi connectivity index (χ4v) is 2.54. The Hall–Kier alpha value is -1.65. The van der Waals surface area contributed by atoms with E-state index < -0.39 is 0 Å². The van der Waals surface area contributed by atoms with Crippen molar-refractivity contribution in [2.45, 2.75) is 44.7 Å². The van der Waals surface area contributed by atoms with E-state index in [1.54, 1.807) is 0 Å². The lowest BCUT2D eigenvalue weighted by Crippen LogP contribution is -2.45. The maximum Gasteiger partial charge on any atom is 0.253 e. The van der Waals surface area contributed by atoms with Gasteiger partial charge < -0.3 is 5.32 Å². The fraction of sp³-hybridized carbons (Fsp3) is 0.583. The Labute approximate surface area is 99.8 Å². The molecule has 5 heteroatoms. The molecule has 0 aromatic heterocycles. The zero-order chi connectivity index (χ0) is 12.4. The maximum absolute atomic E-state index is 11.5. The van der Waals surface area contributed by atoms with Gasteiger partial charge in [0.1, 0.15) is 0 Å². The second-order valence-corrected chi connectivity index (χ2v) is 4.59. The molecule has 2 rings (SSSR count). The van der Waals surface area contributed by atoms with Gasteiger partial charge in [-0.3, -0.25) is 19.3 Å². The molecule has 2 aliphatic rings. The third-order valence-electron chi connectivity index (χ3n) is 3.31. The Bertz CT molecular complexity index is 363. The molecular weight excluding hydrogens is 220 g/mol. The van der Waals surface area contributed by atoms with Crippen LogP contribution in [0.3, 0.4) is 0 Å². The summed E-state index contributed by atoms with van der Waals surface area (Å²) in [6.45, 7) is 1.50. The molecule has 0 saturated heterocycles. The van der Waals surface area contributed by atoms with Crippen LogP contribution in [0.15, 0.2) is 12.2 Å². The van der Waals surface area contributed by atoms with Crippen molar-refractivity contribution < 1.29 is 14.4 Å².